The van der Waals surface area contributed by atoms with Gasteiger partial charge in [0.2, 0.25) is 0 Å². The Bertz CT molecular complexity index is 1280. The lowest BCUT2D eigenvalue weighted by Crippen LogP contribution is -2.44. The molecule has 0 amide bonds. The Morgan fingerprint density at radius 3 is 2.46 bits per heavy atom. The van der Waals surface area contributed by atoms with Gasteiger partial charge in [-0.1, -0.05) is 27.2 Å². The summed E-state index contributed by atoms with van der Waals surface area (Å²) in [5, 5.41) is 18.1. The number of sulfonamides is 1. The third-order valence-electron chi connectivity index (χ3n) is 5.98. The number of piperazine rings is 1. The van der Waals surface area contributed by atoms with E-state index in [1.807, 2.05) is 0 Å². The van der Waals surface area contributed by atoms with Gasteiger partial charge in [0.05, 0.1) is 30.2 Å². The fourth-order valence-electron chi connectivity index (χ4n) is 3.94. The number of likely N-dealkylation sites (N-methyl/N-ethyl adjacent to an activating group) is 1. The molecule has 1 saturated heterocycles. The molecule has 1 aliphatic heterocycles. The average molecular weight is 626 g/mol. The number of terminal acetylenes is 1. The molecule has 0 unspecified atom stereocenters. The van der Waals surface area contributed by atoms with Crippen LogP contribution in [0.2, 0.25) is 0 Å². The molecule has 3 aromatic heterocycles. The summed E-state index contributed by atoms with van der Waals surface area (Å²) >= 11 is 1.94. The number of anilines is 3. The first-order valence-electron chi connectivity index (χ1n) is 13.7. The highest BCUT2D eigenvalue weighted by Gasteiger charge is 2.24. The second-order valence-electron chi connectivity index (χ2n) is 9.46. The number of nitrogens with zero attached hydrogens (tertiary/aromatic N) is 4. The second-order valence-corrected chi connectivity index (χ2v) is 12.8. The largest absolute Gasteiger partial charge is 0.504 e. The van der Waals surface area contributed by atoms with E-state index in [0.717, 1.165) is 74.4 Å². The van der Waals surface area contributed by atoms with Gasteiger partial charge in [0.25, 0.3) is 10.0 Å². The second kappa shape index (κ2) is 18.0. The predicted octanol–water partition coefficient (Wildman–Crippen LogP) is 4.79. The minimum absolute atomic E-state index is 0.142. The molecule has 0 spiro atoms. The van der Waals surface area contributed by atoms with E-state index in [0.29, 0.717) is 18.2 Å². The maximum atomic E-state index is 12.2. The molecule has 0 radical (unpaired) electrons. The molecule has 14 heteroatoms. The topological polar surface area (TPSA) is 136 Å². The van der Waals surface area contributed by atoms with Crippen LogP contribution in [0.25, 0.3) is 0 Å². The van der Waals surface area contributed by atoms with E-state index in [1.165, 1.54) is 23.8 Å². The molecule has 0 bridgehead atoms. The summed E-state index contributed by atoms with van der Waals surface area (Å²) in [7, 11) is -1.58. The molecule has 1 aliphatic rings. The van der Waals surface area contributed by atoms with Gasteiger partial charge in [0.1, 0.15) is 5.76 Å². The lowest BCUT2D eigenvalue weighted by molar-refractivity contribution is 0.152. The fraction of sp³-hybridized carbons (Fsp3) is 0.556. The van der Waals surface area contributed by atoms with Crippen LogP contribution in [-0.2, 0) is 23.0 Å². The van der Waals surface area contributed by atoms with Gasteiger partial charge in [-0.05, 0) is 44.5 Å². The quantitative estimate of drug-likeness (QED) is 0.155. The highest BCUT2D eigenvalue weighted by molar-refractivity contribution is 7.91. The number of hydrogen-bond acceptors (Lipinski definition) is 12. The molecule has 1 fully saturated rings. The lowest BCUT2D eigenvalue weighted by atomic mass is 10.1. The number of thiophene rings is 1. The van der Waals surface area contributed by atoms with Crippen molar-refractivity contribution in [2.75, 3.05) is 56.9 Å². The minimum atomic E-state index is -3.76. The molecule has 0 aromatic carbocycles. The maximum absolute atomic E-state index is 12.2. The number of aromatic hydroxyl groups is 1. The zero-order chi connectivity index (χ0) is 30.3. The van der Waals surface area contributed by atoms with Crippen molar-refractivity contribution in [3.8, 4) is 18.6 Å². The first-order valence-corrected chi connectivity index (χ1v) is 16.8. The molecule has 3 aromatic rings. The predicted molar refractivity (Wildman–Crippen MR) is 169 cm³/mol. The van der Waals surface area contributed by atoms with Crippen LogP contribution in [0.5, 0.6) is 5.75 Å². The Balaban J connectivity index is 0.00000110. The zero-order valence-electron chi connectivity index (χ0n) is 24.4. The molecule has 4 N–H and O–H groups in total. The van der Waals surface area contributed by atoms with E-state index in [2.05, 4.69) is 73.7 Å². The van der Waals surface area contributed by atoms with Gasteiger partial charge in [-0.25, -0.2) is 13.1 Å². The number of furan rings is 1. The van der Waals surface area contributed by atoms with Crippen LogP contribution < -0.4 is 15.4 Å². The number of hydrogen-bond donors (Lipinski definition) is 4. The summed E-state index contributed by atoms with van der Waals surface area (Å²) in [4.78, 5) is 4.91. The van der Waals surface area contributed by atoms with Gasteiger partial charge in [-0.15, -0.1) is 24.2 Å². The van der Waals surface area contributed by atoms with Gasteiger partial charge in [0, 0.05) is 38.1 Å². The Labute approximate surface area is 252 Å². The maximum Gasteiger partial charge on any atom is 0.253 e. The van der Waals surface area contributed by atoms with Crippen molar-refractivity contribution in [3.63, 3.8) is 0 Å². The van der Waals surface area contributed by atoms with Crippen molar-refractivity contribution in [1.29, 1.82) is 0 Å². The van der Waals surface area contributed by atoms with Crippen LogP contribution >= 0.6 is 23.1 Å². The molecule has 4 heterocycles. The van der Waals surface area contributed by atoms with Gasteiger partial charge < -0.3 is 30.0 Å². The summed E-state index contributed by atoms with van der Waals surface area (Å²) in [5.41, 5.74) is 1.43. The summed E-state index contributed by atoms with van der Waals surface area (Å²) in [6.45, 7) is 12.3. The normalized spacial score (nSPS) is 14.0. The summed E-state index contributed by atoms with van der Waals surface area (Å²) in [6.07, 6.45) is 14.3. The molecule has 0 saturated carbocycles. The van der Waals surface area contributed by atoms with Crippen LogP contribution in [0.15, 0.2) is 26.3 Å². The van der Waals surface area contributed by atoms with Crippen LogP contribution in [0, 0.1) is 12.8 Å². The Kier molecular flexibility index (Phi) is 15.2. The highest BCUT2D eigenvalue weighted by atomic mass is 32.2. The number of rotatable bonds is 13. The van der Waals surface area contributed by atoms with Gasteiger partial charge >= 0.3 is 0 Å². The molecule has 0 atom stereocenters. The number of unbranched alkanes of at least 4 members (excludes halogenated alkanes) is 1. The Morgan fingerprint density at radius 1 is 1.10 bits per heavy atom. The highest BCUT2D eigenvalue weighted by Crippen LogP contribution is 2.39. The van der Waals surface area contributed by atoms with Crippen LogP contribution in [0.1, 0.15) is 51.4 Å². The SMILES string of the molecule is C#C.CCC.CCNS(=O)(=O)c1scc(Nc2nsnc2NCc2cc(CCCCN3CCN(C)CC3)co2)c1O. The molecule has 4 rings (SSSR count). The van der Waals surface area contributed by atoms with E-state index in [1.54, 1.807) is 13.2 Å². The number of aromatic nitrogens is 2. The van der Waals surface area contributed by atoms with Crippen LogP contribution in [-0.4, -0.2) is 78.4 Å². The van der Waals surface area contributed by atoms with Crippen molar-refractivity contribution in [3.05, 3.63) is 29.0 Å². The van der Waals surface area contributed by atoms with Crippen molar-refractivity contribution in [1.82, 2.24) is 23.3 Å². The smallest absolute Gasteiger partial charge is 0.253 e. The van der Waals surface area contributed by atoms with Crippen molar-refractivity contribution >= 4 is 50.4 Å². The van der Waals surface area contributed by atoms with E-state index in [4.69, 9.17) is 4.42 Å². The zero-order valence-corrected chi connectivity index (χ0v) is 26.8. The summed E-state index contributed by atoms with van der Waals surface area (Å²) < 4.78 is 40.9. The summed E-state index contributed by atoms with van der Waals surface area (Å²) in [5.74, 6) is 1.34. The third kappa shape index (κ3) is 10.9. The average Bonchev–Trinajstić information content (AvgIpc) is 3.69. The lowest BCUT2D eigenvalue weighted by Gasteiger charge is -2.32. The molecular formula is C27H43N7O4S3. The van der Waals surface area contributed by atoms with E-state index < -0.39 is 10.0 Å². The van der Waals surface area contributed by atoms with E-state index >= 15 is 0 Å². The van der Waals surface area contributed by atoms with Crippen LogP contribution in [0.3, 0.4) is 0 Å². The van der Waals surface area contributed by atoms with Crippen molar-refractivity contribution in [2.45, 2.75) is 57.2 Å². The molecule has 228 valence electrons. The van der Waals surface area contributed by atoms with Gasteiger partial charge in [-0.3, -0.25) is 0 Å². The minimum Gasteiger partial charge on any atom is -0.504 e. The Morgan fingerprint density at radius 2 is 1.78 bits per heavy atom. The van der Waals surface area contributed by atoms with Gasteiger partial charge in [0.15, 0.2) is 21.6 Å². The van der Waals surface area contributed by atoms with Crippen molar-refractivity contribution in [2.24, 2.45) is 0 Å². The Hall–Kier alpha value is -2.67. The third-order valence-corrected chi connectivity index (χ3v) is 9.56. The fourth-order valence-corrected chi connectivity index (χ4v) is 6.75. The first kappa shape index (κ1) is 34.5. The number of aryl methyl sites for hydroxylation is 1. The monoisotopic (exact) mass is 625 g/mol. The van der Waals surface area contributed by atoms with E-state index in [-0.39, 0.29) is 22.2 Å². The molecular weight excluding hydrogens is 583 g/mol. The molecule has 11 nitrogen and oxygen atoms in total. The molecule has 0 aliphatic carbocycles. The van der Waals surface area contributed by atoms with Crippen molar-refractivity contribution < 1.29 is 17.9 Å². The molecule has 41 heavy (non-hydrogen) atoms. The first-order chi connectivity index (χ1) is 19.8. The van der Waals surface area contributed by atoms with Gasteiger partial charge in [-0.2, -0.15) is 8.75 Å². The standard InChI is InChI=1S/C22H33N7O4S3.C3H8.C2H2/c1-3-24-36(31,32)22-19(30)18(15-34-22)25-21-20(26-35-27-21)23-13-17-12-16(14-33-17)6-4-5-7-29-10-8-28(2)9-11-29;1-3-2;1-2/h12,14-15,24,30H,3-11,13H2,1-2H3,(H,23,26)(H,25,27);3H2,1-2H3;1-2H. The van der Waals surface area contributed by atoms with E-state index in [9.17, 15) is 13.5 Å². The summed E-state index contributed by atoms with van der Waals surface area (Å²) in [6, 6.07) is 2.05. The van der Waals surface area contributed by atoms with Crippen LogP contribution in [0.4, 0.5) is 17.3 Å². The number of nitrogens with one attached hydrogen (secondary N) is 3.